The summed E-state index contributed by atoms with van der Waals surface area (Å²) in [4.78, 5) is 12.8. The summed E-state index contributed by atoms with van der Waals surface area (Å²) < 4.78 is 7.30. The van der Waals surface area contributed by atoms with E-state index < -0.39 is 0 Å². The zero-order chi connectivity index (χ0) is 17.8. The average molecular weight is 364 g/mol. The van der Waals surface area contributed by atoms with Crippen molar-refractivity contribution in [2.45, 2.75) is 16.7 Å². The van der Waals surface area contributed by atoms with Crippen molar-refractivity contribution in [3.63, 3.8) is 0 Å². The molecule has 0 fully saturated rings. The van der Waals surface area contributed by atoms with Gasteiger partial charge in [-0.3, -0.25) is 9.55 Å². The lowest BCUT2D eigenvalue weighted by atomic mass is 10.2. The summed E-state index contributed by atoms with van der Waals surface area (Å²) in [7, 11) is 1.68. The minimum absolute atomic E-state index is 0.564. The molecule has 0 amide bonds. The Morgan fingerprint density at radius 1 is 1.04 bits per heavy atom. The van der Waals surface area contributed by atoms with Gasteiger partial charge in [0.15, 0.2) is 11.0 Å². The molecule has 0 aliphatic heterocycles. The summed E-state index contributed by atoms with van der Waals surface area (Å²) in [6, 6.07) is 11.8. The van der Waals surface area contributed by atoms with Crippen molar-refractivity contribution in [3.05, 3.63) is 55.1 Å². The number of fused-ring (bicyclic) bond motifs is 1. The highest BCUT2D eigenvalue weighted by molar-refractivity contribution is 7.99. The van der Waals surface area contributed by atoms with E-state index in [0.717, 1.165) is 32.5 Å². The first-order chi connectivity index (χ1) is 12.9. The zero-order valence-electron chi connectivity index (χ0n) is 14.1. The Bertz CT molecular complexity index is 1020. The number of nitrogens with zero attached hydrogens (tertiary/aromatic N) is 6. The third kappa shape index (κ3) is 3.29. The number of ether oxygens (including phenoxy) is 1. The molecule has 0 N–H and O–H groups in total. The molecule has 1 aromatic carbocycles. The Kier molecular flexibility index (Phi) is 4.85. The lowest BCUT2D eigenvalue weighted by Gasteiger charge is -2.10. The predicted octanol–water partition coefficient (Wildman–Crippen LogP) is 3.08. The van der Waals surface area contributed by atoms with Crippen LogP contribution in [0.2, 0.25) is 0 Å². The van der Waals surface area contributed by atoms with E-state index in [2.05, 4.69) is 25.1 Å². The normalized spacial score (nSPS) is 11.1. The van der Waals surface area contributed by atoms with E-state index in [1.54, 1.807) is 25.8 Å². The van der Waals surface area contributed by atoms with Crippen LogP contribution in [0.1, 0.15) is 0 Å². The van der Waals surface area contributed by atoms with Crippen LogP contribution in [0.3, 0.4) is 0 Å². The maximum Gasteiger partial charge on any atom is 0.197 e. The van der Waals surface area contributed by atoms with Crippen LogP contribution in [0, 0.1) is 0 Å². The molecular weight excluding hydrogens is 348 g/mol. The molecule has 0 spiro atoms. The summed E-state index contributed by atoms with van der Waals surface area (Å²) in [6.45, 7) is 1.21. The van der Waals surface area contributed by atoms with E-state index >= 15 is 0 Å². The van der Waals surface area contributed by atoms with Crippen LogP contribution >= 0.6 is 11.8 Å². The second-order valence-corrected chi connectivity index (χ2v) is 6.44. The summed E-state index contributed by atoms with van der Waals surface area (Å²) in [5.74, 6) is 0.783. The predicted molar refractivity (Wildman–Crippen MR) is 98.8 cm³/mol. The molecule has 0 bridgehead atoms. The van der Waals surface area contributed by atoms with Gasteiger partial charge >= 0.3 is 0 Å². The molecule has 0 atom stereocenters. The molecule has 26 heavy (non-hydrogen) atoms. The quantitative estimate of drug-likeness (QED) is 0.486. The summed E-state index contributed by atoms with van der Waals surface area (Å²) >= 11 is 1.48. The van der Waals surface area contributed by atoms with Crippen LogP contribution in [0.25, 0.3) is 22.3 Å². The molecule has 8 heteroatoms. The lowest BCUT2D eigenvalue weighted by Crippen LogP contribution is -2.07. The SMILES string of the molecule is COCCn1c(Sc2ncnc3ccccc23)nnc1-c1ccncc1. The molecule has 4 aromatic rings. The maximum atomic E-state index is 5.26. The third-order valence-corrected chi connectivity index (χ3v) is 4.87. The van der Waals surface area contributed by atoms with Gasteiger partial charge in [-0.25, -0.2) is 9.97 Å². The van der Waals surface area contributed by atoms with Crippen LogP contribution in [0.5, 0.6) is 0 Å². The van der Waals surface area contributed by atoms with Crippen molar-refractivity contribution >= 4 is 22.7 Å². The van der Waals surface area contributed by atoms with Gasteiger partial charge in [-0.05, 0) is 30.0 Å². The fourth-order valence-electron chi connectivity index (χ4n) is 2.61. The van der Waals surface area contributed by atoms with E-state index in [9.17, 15) is 0 Å². The molecule has 0 unspecified atom stereocenters. The van der Waals surface area contributed by atoms with Crippen molar-refractivity contribution in [1.82, 2.24) is 29.7 Å². The van der Waals surface area contributed by atoms with Crippen LogP contribution in [0.15, 0.2) is 65.3 Å². The number of methoxy groups -OCH3 is 1. The number of hydrogen-bond donors (Lipinski definition) is 0. The van der Waals surface area contributed by atoms with E-state index in [-0.39, 0.29) is 0 Å². The molecule has 0 aliphatic rings. The average Bonchev–Trinajstić information content (AvgIpc) is 3.10. The molecule has 0 saturated carbocycles. The second-order valence-electron chi connectivity index (χ2n) is 5.48. The first-order valence-corrected chi connectivity index (χ1v) is 8.88. The van der Waals surface area contributed by atoms with Crippen LogP contribution in [0.4, 0.5) is 0 Å². The maximum absolute atomic E-state index is 5.26. The summed E-state index contributed by atoms with van der Waals surface area (Å²) in [5.41, 5.74) is 1.87. The molecule has 0 aliphatic carbocycles. The topological polar surface area (TPSA) is 78.6 Å². The summed E-state index contributed by atoms with van der Waals surface area (Å²) in [6.07, 6.45) is 5.06. The third-order valence-electron chi connectivity index (χ3n) is 3.87. The Balaban J connectivity index is 1.75. The van der Waals surface area contributed by atoms with Gasteiger partial charge in [0.25, 0.3) is 0 Å². The number of pyridine rings is 1. The van der Waals surface area contributed by atoms with E-state index in [1.165, 1.54) is 11.8 Å². The first-order valence-electron chi connectivity index (χ1n) is 8.07. The monoisotopic (exact) mass is 364 g/mol. The lowest BCUT2D eigenvalue weighted by molar-refractivity contribution is 0.185. The van der Waals surface area contributed by atoms with Crippen molar-refractivity contribution in [3.8, 4) is 11.4 Å². The van der Waals surface area contributed by atoms with Crippen LogP contribution in [-0.2, 0) is 11.3 Å². The fourth-order valence-corrected chi connectivity index (χ4v) is 3.54. The molecular formula is C18H16N6OS. The zero-order valence-corrected chi connectivity index (χ0v) is 14.9. The molecule has 3 aromatic heterocycles. The minimum atomic E-state index is 0.564. The molecule has 4 rings (SSSR count). The van der Waals surface area contributed by atoms with Crippen molar-refractivity contribution < 1.29 is 4.74 Å². The van der Waals surface area contributed by atoms with Gasteiger partial charge in [-0.15, -0.1) is 10.2 Å². The Morgan fingerprint density at radius 3 is 2.73 bits per heavy atom. The highest BCUT2D eigenvalue weighted by atomic mass is 32.2. The standard InChI is InChI=1S/C18H16N6OS/c1-25-11-10-24-16(13-6-8-19-9-7-13)22-23-18(24)26-17-14-4-2-3-5-15(14)20-12-21-17/h2-9,12H,10-11H2,1H3. The second kappa shape index (κ2) is 7.59. The smallest absolute Gasteiger partial charge is 0.197 e. The van der Waals surface area contributed by atoms with Gasteiger partial charge < -0.3 is 4.74 Å². The number of hydrogen-bond acceptors (Lipinski definition) is 7. The van der Waals surface area contributed by atoms with Crippen molar-refractivity contribution in [1.29, 1.82) is 0 Å². The summed E-state index contributed by atoms with van der Waals surface area (Å²) in [5, 5.41) is 11.4. The van der Waals surface area contributed by atoms with Crippen LogP contribution < -0.4 is 0 Å². The van der Waals surface area contributed by atoms with E-state index in [0.29, 0.717) is 13.2 Å². The van der Waals surface area contributed by atoms with Gasteiger partial charge in [0.1, 0.15) is 11.4 Å². The molecule has 130 valence electrons. The molecule has 3 heterocycles. The van der Waals surface area contributed by atoms with Crippen molar-refractivity contribution in [2.24, 2.45) is 0 Å². The number of rotatable bonds is 6. The van der Waals surface area contributed by atoms with Gasteiger partial charge in [-0.1, -0.05) is 18.2 Å². The molecule has 0 saturated heterocycles. The number of para-hydroxylation sites is 1. The number of benzene rings is 1. The first kappa shape index (κ1) is 16.6. The van der Waals surface area contributed by atoms with Gasteiger partial charge in [0.2, 0.25) is 0 Å². The Labute approximate surface area is 154 Å². The Morgan fingerprint density at radius 2 is 1.88 bits per heavy atom. The molecule has 7 nitrogen and oxygen atoms in total. The van der Waals surface area contributed by atoms with E-state index in [1.807, 2.05) is 41.0 Å². The number of aromatic nitrogens is 6. The van der Waals surface area contributed by atoms with Crippen molar-refractivity contribution in [2.75, 3.05) is 13.7 Å². The highest BCUT2D eigenvalue weighted by Crippen LogP contribution is 2.31. The highest BCUT2D eigenvalue weighted by Gasteiger charge is 2.16. The van der Waals surface area contributed by atoms with Gasteiger partial charge in [0, 0.05) is 30.5 Å². The van der Waals surface area contributed by atoms with Gasteiger partial charge in [-0.2, -0.15) is 0 Å². The minimum Gasteiger partial charge on any atom is -0.383 e. The molecule has 0 radical (unpaired) electrons. The largest absolute Gasteiger partial charge is 0.383 e. The van der Waals surface area contributed by atoms with Crippen LogP contribution in [-0.4, -0.2) is 43.4 Å². The van der Waals surface area contributed by atoms with E-state index in [4.69, 9.17) is 4.74 Å². The Hall–Kier alpha value is -2.84. The fraction of sp³-hybridized carbons (Fsp3) is 0.167. The van der Waals surface area contributed by atoms with Gasteiger partial charge in [0.05, 0.1) is 18.7 Å².